The molecule has 0 amide bonds. The number of aromatic nitrogens is 1. The summed E-state index contributed by atoms with van der Waals surface area (Å²) in [5, 5.41) is 8.63. The average Bonchev–Trinajstić information content (AvgIpc) is 2.17. The van der Waals surface area contributed by atoms with Gasteiger partial charge in [0, 0.05) is 6.07 Å². The Bertz CT molecular complexity index is 429. The molecule has 0 bridgehead atoms. The highest BCUT2D eigenvalue weighted by Gasteiger charge is 2.34. The second kappa shape index (κ2) is 4.44. The number of halogens is 4. The first-order valence-electron chi connectivity index (χ1n) is 3.72. The first kappa shape index (κ1) is 12.4. The Morgan fingerprint density at radius 3 is 2.50 bits per heavy atom. The van der Waals surface area contributed by atoms with Gasteiger partial charge in [0.15, 0.2) is 5.82 Å². The highest BCUT2D eigenvalue weighted by atomic mass is 35.5. The summed E-state index contributed by atoms with van der Waals surface area (Å²) in [7, 11) is 0. The minimum absolute atomic E-state index is 0.345. The van der Waals surface area contributed by atoms with Crippen LogP contribution in [-0.2, 0) is 0 Å². The van der Waals surface area contributed by atoms with Gasteiger partial charge < -0.3 is 0 Å². The lowest BCUT2D eigenvalue weighted by Gasteiger charge is -2.01. The number of hydrogen-bond donors (Lipinski definition) is 0. The standard InChI is InChI=1S/C7H3ClF3N3O2/c8-6(7(9,10)11)13-5-2-1-4(3-12-5)14(15)16/h1-3H. The molecule has 0 aliphatic rings. The summed E-state index contributed by atoms with van der Waals surface area (Å²) in [5.74, 6) is -0.354. The van der Waals surface area contributed by atoms with E-state index in [2.05, 4.69) is 9.98 Å². The Balaban J connectivity index is 2.96. The molecule has 1 rings (SSSR count). The van der Waals surface area contributed by atoms with E-state index in [-0.39, 0.29) is 11.5 Å². The van der Waals surface area contributed by atoms with Crippen molar-refractivity contribution >= 4 is 28.3 Å². The van der Waals surface area contributed by atoms with Gasteiger partial charge in [0.1, 0.15) is 6.20 Å². The highest BCUT2D eigenvalue weighted by Crippen LogP contribution is 2.23. The van der Waals surface area contributed by atoms with Crippen LogP contribution in [0.3, 0.4) is 0 Å². The number of nitro groups is 1. The van der Waals surface area contributed by atoms with Crippen LogP contribution in [0.2, 0.25) is 0 Å². The van der Waals surface area contributed by atoms with Crippen molar-refractivity contribution in [2.45, 2.75) is 6.18 Å². The van der Waals surface area contributed by atoms with E-state index in [0.29, 0.717) is 0 Å². The second-order valence-corrected chi connectivity index (χ2v) is 2.89. The summed E-state index contributed by atoms with van der Waals surface area (Å²) in [6.07, 6.45) is -3.97. The number of hydrogen-bond acceptors (Lipinski definition) is 4. The van der Waals surface area contributed by atoms with Crippen LogP contribution in [0.5, 0.6) is 0 Å². The number of rotatable bonds is 2. The van der Waals surface area contributed by atoms with E-state index in [0.717, 1.165) is 18.3 Å². The molecule has 16 heavy (non-hydrogen) atoms. The molecule has 5 nitrogen and oxygen atoms in total. The number of aliphatic imine (C=N–C) groups is 1. The average molecular weight is 254 g/mol. The van der Waals surface area contributed by atoms with E-state index in [4.69, 9.17) is 11.6 Å². The maximum Gasteiger partial charge on any atom is 0.444 e. The van der Waals surface area contributed by atoms with Crippen molar-refractivity contribution in [1.82, 2.24) is 4.98 Å². The van der Waals surface area contributed by atoms with E-state index in [9.17, 15) is 23.3 Å². The van der Waals surface area contributed by atoms with Gasteiger partial charge in [0.05, 0.1) is 4.92 Å². The van der Waals surface area contributed by atoms with Crippen molar-refractivity contribution < 1.29 is 18.1 Å². The minimum Gasteiger partial charge on any atom is -0.258 e. The molecule has 0 atom stereocenters. The molecule has 0 unspecified atom stereocenters. The van der Waals surface area contributed by atoms with Crippen LogP contribution in [0.1, 0.15) is 0 Å². The summed E-state index contributed by atoms with van der Waals surface area (Å²) in [5.41, 5.74) is -0.345. The SMILES string of the molecule is O=[N+]([O-])c1ccc(N=C(Cl)C(F)(F)F)nc1. The Hall–Kier alpha value is -1.70. The minimum atomic E-state index is -4.76. The maximum atomic E-state index is 11.9. The fourth-order valence-electron chi connectivity index (χ4n) is 0.716. The van der Waals surface area contributed by atoms with Crippen molar-refractivity contribution in [2.24, 2.45) is 4.99 Å². The summed E-state index contributed by atoms with van der Waals surface area (Å²) in [6.45, 7) is 0. The summed E-state index contributed by atoms with van der Waals surface area (Å²) < 4.78 is 35.8. The zero-order valence-electron chi connectivity index (χ0n) is 7.40. The molecule has 0 saturated heterocycles. The first-order chi connectivity index (χ1) is 7.30. The van der Waals surface area contributed by atoms with Gasteiger partial charge in [-0.15, -0.1) is 0 Å². The van der Waals surface area contributed by atoms with Gasteiger partial charge in [0.25, 0.3) is 5.69 Å². The molecule has 0 aromatic carbocycles. The number of alkyl halides is 3. The molecule has 9 heteroatoms. The molecular weight excluding hydrogens is 251 g/mol. The fourth-order valence-corrected chi connectivity index (χ4v) is 0.803. The van der Waals surface area contributed by atoms with Crippen LogP contribution in [0.15, 0.2) is 23.3 Å². The smallest absolute Gasteiger partial charge is 0.258 e. The molecular formula is C7H3ClF3N3O2. The van der Waals surface area contributed by atoms with Crippen molar-refractivity contribution in [3.8, 4) is 0 Å². The fraction of sp³-hybridized carbons (Fsp3) is 0.143. The van der Waals surface area contributed by atoms with Crippen molar-refractivity contribution in [1.29, 1.82) is 0 Å². The monoisotopic (exact) mass is 253 g/mol. The molecule has 1 aromatic rings. The van der Waals surface area contributed by atoms with Crippen LogP contribution >= 0.6 is 11.6 Å². The predicted molar refractivity (Wildman–Crippen MR) is 49.9 cm³/mol. The van der Waals surface area contributed by atoms with Crippen LogP contribution < -0.4 is 0 Å². The Kier molecular flexibility index (Phi) is 3.43. The summed E-state index contributed by atoms with van der Waals surface area (Å²) in [4.78, 5) is 15.8. The summed E-state index contributed by atoms with van der Waals surface area (Å²) in [6, 6.07) is 1.94. The van der Waals surface area contributed by atoms with Gasteiger partial charge in [-0.2, -0.15) is 13.2 Å². The number of nitrogens with zero attached hydrogens (tertiary/aromatic N) is 3. The molecule has 0 radical (unpaired) electrons. The lowest BCUT2D eigenvalue weighted by molar-refractivity contribution is -0.385. The molecule has 86 valence electrons. The van der Waals surface area contributed by atoms with Gasteiger partial charge in [-0.05, 0) is 6.07 Å². The van der Waals surface area contributed by atoms with E-state index < -0.39 is 16.3 Å². The van der Waals surface area contributed by atoms with E-state index in [1.165, 1.54) is 0 Å². The molecule has 0 saturated carbocycles. The topological polar surface area (TPSA) is 68.4 Å². The molecule has 1 aromatic heterocycles. The van der Waals surface area contributed by atoms with Crippen LogP contribution in [0.25, 0.3) is 0 Å². The van der Waals surface area contributed by atoms with Crippen LogP contribution in [-0.4, -0.2) is 21.3 Å². The Labute approximate surface area is 91.7 Å². The normalized spacial score (nSPS) is 12.6. The lowest BCUT2D eigenvalue weighted by atomic mass is 10.4. The molecule has 0 fully saturated rings. The van der Waals surface area contributed by atoms with E-state index in [1.54, 1.807) is 0 Å². The third-order valence-electron chi connectivity index (χ3n) is 1.39. The molecule has 0 aliphatic heterocycles. The van der Waals surface area contributed by atoms with Gasteiger partial charge in [-0.3, -0.25) is 10.1 Å². The Morgan fingerprint density at radius 1 is 1.50 bits per heavy atom. The third kappa shape index (κ3) is 3.16. The number of pyridine rings is 1. The lowest BCUT2D eigenvalue weighted by Crippen LogP contribution is -2.16. The molecule has 0 N–H and O–H groups in total. The second-order valence-electron chi connectivity index (χ2n) is 2.53. The van der Waals surface area contributed by atoms with Crippen molar-refractivity contribution in [3.05, 3.63) is 28.4 Å². The largest absolute Gasteiger partial charge is 0.444 e. The zero-order valence-corrected chi connectivity index (χ0v) is 8.16. The van der Waals surface area contributed by atoms with Crippen LogP contribution in [0, 0.1) is 10.1 Å². The maximum absolute atomic E-state index is 11.9. The predicted octanol–water partition coefficient (Wildman–Crippen LogP) is 2.82. The molecule has 0 spiro atoms. The molecule has 0 aliphatic carbocycles. The zero-order chi connectivity index (χ0) is 12.3. The van der Waals surface area contributed by atoms with Crippen molar-refractivity contribution in [2.75, 3.05) is 0 Å². The summed E-state index contributed by atoms with van der Waals surface area (Å²) >= 11 is 4.84. The van der Waals surface area contributed by atoms with Gasteiger partial charge in [0.2, 0.25) is 5.17 Å². The molecule has 1 heterocycles. The van der Waals surface area contributed by atoms with E-state index >= 15 is 0 Å². The third-order valence-corrected chi connectivity index (χ3v) is 1.69. The first-order valence-corrected chi connectivity index (χ1v) is 4.10. The highest BCUT2D eigenvalue weighted by molar-refractivity contribution is 6.67. The van der Waals surface area contributed by atoms with Gasteiger partial charge >= 0.3 is 6.18 Å². The quantitative estimate of drug-likeness (QED) is 0.462. The van der Waals surface area contributed by atoms with Gasteiger partial charge in [-0.25, -0.2) is 9.98 Å². The van der Waals surface area contributed by atoms with Crippen molar-refractivity contribution in [3.63, 3.8) is 0 Å². The Morgan fingerprint density at radius 2 is 2.12 bits per heavy atom. The van der Waals surface area contributed by atoms with E-state index in [1.807, 2.05) is 0 Å². The van der Waals surface area contributed by atoms with Crippen LogP contribution in [0.4, 0.5) is 24.7 Å². The van der Waals surface area contributed by atoms with Gasteiger partial charge in [-0.1, -0.05) is 11.6 Å².